The zero-order valence-electron chi connectivity index (χ0n) is 17.1. The fraction of sp³-hybridized carbons (Fsp3) is 0.304. The Morgan fingerprint density at radius 3 is 2.50 bits per heavy atom. The molecule has 1 fully saturated rings. The van der Waals surface area contributed by atoms with Gasteiger partial charge in [0.1, 0.15) is 5.75 Å². The van der Waals surface area contributed by atoms with Crippen LogP contribution in [0.3, 0.4) is 0 Å². The summed E-state index contributed by atoms with van der Waals surface area (Å²) in [5.41, 5.74) is 4.42. The zero-order chi connectivity index (χ0) is 20.8. The molecule has 156 valence electrons. The molecule has 7 heteroatoms. The minimum atomic E-state index is -0.160. The second kappa shape index (κ2) is 9.56. The molecule has 4 rings (SSSR count). The molecule has 1 aliphatic heterocycles. The van der Waals surface area contributed by atoms with Crippen LogP contribution in [0.2, 0.25) is 0 Å². The van der Waals surface area contributed by atoms with Gasteiger partial charge in [-0.1, -0.05) is 24.3 Å². The van der Waals surface area contributed by atoms with Gasteiger partial charge in [-0.25, -0.2) is 0 Å². The van der Waals surface area contributed by atoms with Gasteiger partial charge < -0.3 is 14.8 Å². The Labute approximate surface area is 176 Å². The van der Waals surface area contributed by atoms with Gasteiger partial charge in [-0.3, -0.25) is 14.8 Å². The zero-order valence-corrected chi connectivity index (χ0v) is 17.1. The van der Waals surface area contributed by atoms with E-state index in [0.717, 1.165) is 49.7 Å². The number of rotatable bonds is 7. The van der Waals surface area contributed by atoms with E-state index in [1.54, 1.807) is 13.3 Å². The van der Waals surface area contributed by atoms with Crippen molar-refractivity contribution in [1.82, 2.24) is 20.4 Å². The number of hydrogen-bond acceptors (Lipinski definition) is 5. The topological polar surface area (TPSA) is 79.5 Å². The molecule has 0 bridgehead atoms. The van der Waals surface area contributed by atoms with Crippen molar-refractivity contribution in [1.29, 1.82) is 0 Å². The lowest BCUT2D eigenvalue weighted by atomic mass is 10.1. The van der Waals surface area contributed by atoms with Gasteiger partial charge >= 0.3 is 0 Å². The Kier molecular flexibility index (Phi) is 6.41. The number of nitrogens with zero attached hydrogens (tertiary/aromatic N) is 2. The van der Waals surface area contributed by atoms with E-state index in [4.69, 9.17) is 9.47 Å². The maximum atomic E-state index is 12.7. The maximum absolute atomic E-state index is 12.7. The quantitative estimate of drug-likeness (QED) is 0.631. The van der Waals surface area contributed by atoms with E-state index in [2.05, 4.69) is 44.7 Å². The van der Waals surface area contributed by atoms with Gasteiger partial charge in [-0.15, -0.1) is 0 Å². The van der Waals surface area contributed by atoms with Crippen molar-refractivity contribution < 1.29 is 14.3 Å². The highest BCUT2D eigenvalue weighted by atomic mass is 16.5. The number of morpholine rings is 1. The molecule has 3 aromatic rings. The fourth-order valence-corrected chi connectivity index (χ4v) is 3.49. The normalized spacial score (nSPS) is 14.4. The van der Waals surface area contributed by atoms with E-state index in [1.807, 2.05) is 24.3 Å². The van der Waals surface area contributed by atoms with Crippen molar-refractivity contribution in [3.05, 3.63) is 71.4 Å². The highest BCUT2D eigenvalue weighted by molar-refractivity contribution is 5.99. The van der Waals surface area contributed by atoms with Crippen LogP contribution in [-0.2, 0) is 17.8 Å². The van der Waals surface area contributed by atoms with E-state index < -0.39 is 0 Å². The summed E-state index contributed by atoms with van der Waals surface area (Å²) in [4.78, 5) is 15.1. The monoisotopic (exact) mass is 406 g/mol. The lowest BCUT2D eigenvalue weighted by molar-refractivity contribution is 0.0342. The van der Waals surface area contributed by atoms with Crippen LogP contribution in [0.5, 0.6) is 5.75 Å². The summed E-state index contributed by atoms with van der Waals surface area (Å²) in [6, 6.07) is 15.9. The minimum Gasteiger partial charge on any atom is -0.497 e. The number of aromatic amines is 1. The van der Waals surface area contributed by atoms with Gasteiger partial charge in [0, 0.05) is 31.7 Å². The van der Waals surface area contributed by atoms with Crippen molar-refractivity contribution in [3.63, 3.8) is 0 Å². The van der Waals surface area contributed by atoms with Crippen molar-refractivity contribution in [3.8, 4) is 17.0 Å². The number of amides is 1. The van der Waals surface area contributed by atoms with Crippen molar-refractivity contribution in [2.24, 2.45) is 0 Å². The van der Waals surface area contributed by atoms with E-state index in [-0.39, 0.29) is 5.91 Å². The van der Waals surface area contributed by atoms with Crippen LogP contribution in [-0.4, -0.2) is 54.4 Å². The van der Waals surface area contributed by atoms with Crippen LogP contribution >= 0.6 is 0 Å². The van der Waals surface area contributed by atoms with Gasteiger partial charge in [0.25, 0.3) is 5.91 Å². The molecule has 30 heavy (non-hydrogen) atoms. The van der Waals surface area contributed by atoms with Crippen LogP contribution < -0.4 is 10.1 Å². The standard InChI is InChI=1S/C23H26N4O3/c1-29-20-8-6-19(7-9-20)22-21(15-25-26-22)23(28)24-14-17-2-4-18(5-3-17)16-27-10-12-30-13-11-27/h2-9,15H,10-14,16H2,1H3,(H,24,28)(H,25,26). The number of carbonyl (C=O) groups excluding carboxylic acids is 1. The molecule has 2 aromatic carbocycles. The second-order valence-corrected chi connectivity index (χ2v) is 7.27. The molecule has 1 amide bonds. The molecule has 0 unspecified atom stereocenters. The third-order valence-corrected chi connectivity index (χ3v) is 5.25. The molecule has 1 saturated heterocycles. The Hall–Kier alpha value is -3.16. The summed E-state index contributed by atoms with van der Waals surface area (Å²) in [6.45, 7) is 4.94. The molecule has 1 aliphatic rings. The molecular formula is C23H26N4O3. The first-order chi connectivity index (χ1) is 14.7. The van der Waals surface area contributed by atoms with Crippen LogP contribution in [0.25, 0.3) is 11.3 Å². The van der Waals surface area contributed by atoms with Crippen LogP contribution in [0.4, 0.5) is 0 Å². The van der Waals surface area contributed by atoms with Crippen LogP contribution in [0.15, 0.2) is 54.7 Å². The molecule has 7 nitrogen and oxygen atoms in total. The number of benzene rings is 2. The van der Waals surface area contributed by atoms with Crippen LogP contribution in [0.1, 0.15) is 21.5 Å². The SMILES string of the molecule is COc1ccc(-c2[nH]ncc2C(=O)NCc2ccc(CN3CCOCC3)cc2)cc1. The first kappa shape index (κ1) is 20.1. The average Bonchev–Trinajstić information content (AvgIpc) is 3.29. The molecular weight excluding hydrogens is 380 g/mol. The Bertz CT molecular complexity index is 961. The summed E-state index contributed by atoms with van der Waals surface area (Å²) in [6.07, 6.45) is 1.56. The number of nitrogens with one attached hydrogen (secondary N) is 2. The lowest BCUT2D eigenvalue weighted by Gasteiger charge is -2.26. The Balaban J connectivity index is 1.35. The van der Waals surface area contributed by atoms with Gasteiger partial charge in [0.2, 0.25) is 0 Å². The smallest absolute Gasteiger partial charge is 0.255 e. The molecule has 1 aromatic heterocycles. The average molecular weight is 406 g/mol. The van der Waals surface area contributed by atoms with Crippen molar-refractivity contribution in [2.75, 3.05) is 33.4 Å². The van der Waals surface area contributed by atoms with Crippen molar-refractivity contribution in [2.45, 2.75) is 13.1 Å². The summed E-state index contributed by atoms with van der Waals surface area (Å²) >= 11 is 0. The van der Waals surface area contributed by atoms with Crippen molar-refractivity contribution >= 4 is 5.91 Å². The molecule has 2 heterocycles. The van der Waals surface area contributed by atoms with E-state index in [1.165, 1.54) is 5.56 Å². The summed E-state index contributed by atoms with van der Waals surface area (Å²) in [5, 5.41) is 9.96. The van der Waals surface area contributed by atoms with Gasteiger partial charge in [-0.05, 0) is 35.4 Å². The Morgan fingerprint density at radius 2 is 1.80 bits per heavy atom. The number of methoxy groups -OCH3 is 1. The largest absolute Gasteiger partial charge is 0.497 e. The highest BCUT2D eigenvalue weighted by Crippen LogP contribution is 2.23. The number of aromatic nitrogens is 2. The predicted octanol–water partition coefficient (Wildman–Crippen LogP) is 2.85. The maximum Gasteiger partial charge on any atom is 0.255 e. The molecule has 0 radical (unpaired) electrons. The minimum absolute atomic E-state index is 0.160. The number of hydrogen-bond donors (Lipinski definition) is 2. The molecule has 2 N–H and O–H groups in total. The molecule has 0 spiro atoms. The first-order valence-corrected chi connectivity index (χ1v) is 10.1. The predicted molar refractivity (Wildman–Crippen MR) is 114 cm³/mol. The highest BCUT2D eigenvalue weighted by Gasteiger charge is 2.15. The van der Waals surface area contributed by atoms with Crippen LogP contribution in [0, 0.1) is 0 Å². The summed E-state index contributed by atoms with van der Waals surface area (Å²) in [5.74, 6) is 0.605. The fourth-order valence-electron chi connectivity index (χ4n) is 3.49. The lowest BCUT2D eigenvalue weighted by Crippen LogP contribution is -2.35. The summed E-state index contributed by atoms with van der Waals surface area (Å²) < 4.78 is 10.6. The second-order valence-electron chi connectivity index (χ2n) is 7.27. The molecule has 0 saturated carbocycles. The van der Waals surface area contributed by atoms with Gasteiger partial charge in [0.15, 0.2) is 0 Å². The van der Waals surface area contributed by atoms with E-state index >= 15 is 0 Å². The van der Waals surface area contributed by atoms with Gasteiger partial charge in [0.05, 0.1) is 37.8 Å². The molecule has 0 aliphatic carbocycles. The molecule has 0 atom stereocenters. The Morgan fingerprint density at radius 1 is 1.10 bits per heavy atom. The third-order valence-electron chi connectivity index (χ3n) is 5.25. The number of carbonyl (C=O) groups is 1. The number of ether oxygens (including phenoxy) is 2. The van der Waals surface area contributed by atoms with E-state index in [9.17, 15) is 4.79 Å². The first-order valence-electron chi connectivity index (χ1n) is 10.1. The summed E-state index contributed by atoms with van der Waals surface area (Å²) in [7, 11) is 1.62. The third kappa shape index (κ3) is 4.87. The van der Waals surface area contributed by atoms with E-state index in [0.29, 0.717) is 17.8 Å². The van der Waals surface area contributed by atoms with Gasteiger partial charge in [-0.2, -0.15) is 5.10 Å². The number of H-pyrrole nitrogens is 1.